The summed E-state index contributed by atoms with van der Waals surface area (Å²) in [6.07, 6.45) is 3.46. The minimum Gasteiger partial charge on any atom is -0.482 e. The number of rotatable bonds is 3. The van der Waals surface area contributed by atoms with Gasteiger partial charge in [-0.25, -0.2) is 0 Å². The van der Waals surface area contributed by atoms with Crippen LogP contribution < -0.4 is 10.5 Å². The number of nitrogens with one attached hydrogen (secondary N) is 1. The van der Waals surface area contributed by atoms with Crippen molar-refractivity contribution in [2.24, 2.45) is 5.73 Å². The molecule has 11 heavy (non-hydrogen) atoms. The number of hydrogen-bond acceptors (Lipinski definition) is 2. The molecular formula is C8H12N2O. The number of hydrogen-bond donors (Lipinski definition) is 2. The summed E-state index contributed by atoms with van der Waals surface area (Å²) in [4.78, 5) is 2.92. The van der Waals surface area contributed by atoms with E-state index in [1.807, 2.05) is 6.07 Å². The van der Waals surface area contributed by atoms with Gasteiger partial charge in [0.1, 0.15) is 0 Å². The van der Waals surface area contributed by atoms with Crippen LogP contribution in [0.4, 0.5) is 0 Å². The van der Waals surface area contributed by atoms with E-state index in [0.29, 0.717) is 5.88 Å². The summed E-state index contributed by atoms with van der Waals surface area (Å²) in [5, 5.41) is 0. The third-order valence-electron chi connectivity index (χ3n) is 1.56. The van der Waals surface area contributed by atoms with Crippen molar-refractivity contribution in [2.45, 2.75) is 6.04 Å². The van der Waals surface area contributed by atoms with E-state index in [1.165, 1.54) is 0 Å². The lowest BCUT2D eigenvalue weighted by atomic mass is 10.1. The molecular weight excluding hydrogens is 140 g/mol. The molecule has 1 aromatic rings. The number of aromatic amines is 1. The highest BCUT2D eigenvalue weighted by molar-refractivity contribution is 5.31. The molecule has 1 rings (SSSR count). The van der Waals surface area contributed by atoms with Gasteiger partial charge < -0.3 is 15.5 Å². The zero-order chi connectivity index (χ0) is 8.27. The van der Waals surface area contributed by atoms with Crippen molar-refractivity contribution in [1.82, 2.24) is 4.98 Å². The molecule has 1 aromatic heterocycles. The van der Waals surface area contributed by atoms with E-state index >= 15 is 0 Å². The topological polar surface area (TPSA) is 51.0 Å². The first-order valence-electron chi connectivity index (χ1n) is 3.39. The summed E-state index contributed by atoms with van der Waals surface area (Å²) in [5.74, 6) is 0.706. The molecule has 1 atom stereocenters. The fraction of sp³-hybridized carbons (Fsp3) is 0.250. The molecule has 0 aliphatic rings. The highest BCUT2D eigenvalue weighted by Crippen LogP contribution is 2.21. The second-order valence-electron chi connectivity index (χ2n) is 2.23. The van der Waals surface area contributed by atoms with Gasteiger partial charge in [0.05, 0.1) is 13.2 Å². The maximum Gasteiger partial charge on any atom is 0.195 e. The van der Waals surface area contributed by atoms with E-state index in [1.54, 1.807) is 19.4 Å². The fourth-order valence-electron chi connectivity index (χ4n) is 0.932. The second kappa shape index (κ2) is 3.25. The molecule has 0 fully saturated rings. The Morgan fingerprint density at radius 1 is 1.82 bits per heavy atom. The molecule has 0 aliphatic heterocycles. The summed E-state index contributed by atoms with van der Waals surface area (Å²) >= 11 is 0. The van der Waals surface area contributed by atoms with Gasteiger partial charge >= 0.3 is 0 Å². The third kappa shape index (κ3) is 1.43. The Labute approximate surface area is 65.9 Å². The zero-order valence-corrected chi connectivity index (χ0v) is 6.50. The van der Waals surface area contributed by atoms with Crippen LogP contribution in [0.1, 0.15) is 11.6 Å². The Morgan fingerprint density at radius 3 is 3.09 bits per heavy atom. The van der Waals surface area contributed by atoms with Gasteiger partial charge in [-0.3, -0.25) is 0 Å². The molecule has 0 saturated heterocycles. The molecule has 0 unspecified atom stereocenters. The van der Waals surface area contributed by atoms with Crippen LogP contribution >= 0.6 is 0 Å². The van der Waals surface area contributed by atoms with E-state index in [2.05, 4.69) is 11.6 Å². The van der Waals surface area contributed by atoms with Crippen molar-refractivity contribution in [3.8, 4) is 5.88 Å². The Morgan fingerprint density at radius 2 is 2.55 bits per heavy atom. The van der Waals surface area contributed by atoms with Crippen molar-refractivity contribution < 1.29 is 4.74 Å². The highest BCUT2D eigenvalue weighted by atomic mass is 16.5. The van der Waals surface area contributed by atoms with E-state index in [-0.39, 0.29) is 6.04 Å². The lowest BCUT2D eigenvalue weighted by Gasteiger charge is -2.05. The second-order valence-corrected chi connectivity index (χ2v) is 2.23. The summed E-state index contributed by atoms with van der Waals surface area (Å²) in [7, 11) is 1.60. The molecule has 3 heteroatoms. The molecule has 3 N–H and O–H groups in total. The lowest BCUT2D eigenvalue weighted by molar-refractivity contribution is 0.394. The molecule has 1 heterocycles. The standard InChI is InChI=1S/C8H12N2O/c1-3-7(9)6-4-5-10-8(6)11-2/h3-5,7,10H,1,9H2,2H3/t7-/m0/s1. The number of methoxy groups -OCH3 is 1. The normalized spacial score (nSPS) is 12.5. The molecule has 0 amide bonds. The summed E-state index contributed by atoms with van der Waals surface area (Å²) in [5.41, 5.74) is 6.63. The average molecular weight is 152 g/mol. The van der Waals surface area contributed by atoms with Crippen LogP contribution in [0.25, 0.3) is 0 Å². The first-order valence-corrected chi connectivity index (χ1v) is 3.39. The van der Waals surface area contributed by atoms with Gasteiger partial charge in [-0.2, -0.15) is 0 Å². The van der Waals surface area contributed by atoms with Crippen LogP contribution in [0.15, 0.2) is 24.9 Å². The molecule has 0 aromatic carbocycles. The van der Waals surface area contributed by atoms with Crippen molar-refractivity contribution in [3.63, 3.8) is 0 Å². The lowest BCUT2D eigenvalue weighted by Crippen LogP contribution is -2.06. The predicted octanol–water partition coefficient (Wildman–Crippen LogP) is 1.21. The summed E-state index contributed by atoms with van der Waals surface area (Å²) in [6.45, 7) is 3.60. The quantitative estimate of drug-likeness (QED) is 0.639. The highest BCUT2D eigenvalue weighted by Gasteiger charge is 2.08. The van der Waals surface area contributed by atoms with Gasteiger partial charge in [0.25, 0.3) is 0 Å². The van der Waals surface area contributed by atoms with Gasteiger partial charge in [0.2, 0.25) is 0 Å². The summed E-state index contributed by atoms with van der Waals surface area (Å²) in [6, 6.07) is 1.72. The SMILES string of the molecule is C=C[C@H](N)c1cc[nH]c1OC. The van der Waals surface area contributed by atoms with Crippen LogP contribution in [0.5, 0.6) is 5.88 Å². The van der Waals surface area contributed by atoms with Crippen molar-refractivity contribution >= 4 is 0 Å². The Kier molecular flexibility index (Phi) is 2.33. The molecule has 0 spiro atoms. The van der Waals surface area contributed by atoms with E-state index < -0.39 is 0 Å². The average Bonchev–Trinajstić information content (AvgIpc) is 2.50. The minimum absolute atomic E-state index is 0.156. The number of nitrogens with two attached hydrogens (primary N) is 1. The maximum absolute atomic E-state index is 5.70. The van der Waals surface area contributed by atoms with Crippen molar-refractivity contribution in [1.29, 1.82) is 0 Å². The van der Waals surface area contributed by atoms with Crippen LogP contribution in [-0.2, 0) is 0 Å². The predicted molar refractivity (Wildman–Crippen MR) is 44.5 cm³/mol. The molecule has 0 aliphatic carbocycles. The Balaban J connectivity index is 2.91. The van der Waals surface area contributed by atoms with Crippen LogP contribution in [0.3, 0.4) is 0 Å². The van der Waals surface area contributed by atoms with Gasteiger partial charge in [-0.05, 0) is 6.07 Å². The van der Waals surface area contributed by atoms with Gasteiger partial charge in [0, 0.05) is 11.8 Å². The van der Waals surface area contributed by atoms with Gasteiger partial charge in [-0.15, -0.1) is 6.58 Å². The third-order valence-corrected chi connectivity index (χ3v) is 1.56. The monoisotopic (exact) mass is 152 g/mol. The summed E-state index contributed by atoms with van der Waals surface area (Å²) < 4.78 is 5.02. The van der Waals surface area contributed by atoms with Crippen LogP contribution in [0.2, 0.25) is 0 Å². The first kappa shape index (κ1) is 7.88. The first-order chi connectivity index (χ1) is 5.29. The fourth-order valence-corrected chi connectivity index (χ4v) is 0.932. The molecule has 0 bridgehead atoms. The number of H-pyrrole nitrogens is 1. The van der Waals surface area contributed by atoms with Crippen LogP contribution in [0, 0.1) is 0 Å². The van der Waals surface area contributed by atoms with Crippen LogP contribution in [-0.4, -0.2) is 12.1 Å². The Bertz CT molecular complexity index is 242. The van der Waals surface area contributed by atoms with Gasteiger partial charge in [-0.1, -0.05) is 6.08 Å². The Hall–Kier alpha value is -1.22. The van der Waals surface area contributed by atoms with Gasteiger partial charge in [0.15, 0.2) is 5.88 Å². The molecule has 3 nitrogen and oxygen atoms in total. The maximum atomic E-state index is 5.70. The zero-order valence-electron chi connectivity index (χ0n) is 6.50. The van der Waals surface area contributed by atoms with E-state index in [0.717, 1.165) is 5.56 Å². The van der Waals surface area contributed by atoms with Crippen molar-refractivity contribution in [2.75, 3.05) is 7.11 Å². The largest absolute Gasteiger partial charge is 0.482 e. The van der Waals surface area contributed by atoms with E-state index in [4.69, 9.17) is 10.5 Å². The molecule has 0 saturated carbocycles. The smallest absolute Gasteiger partial charge is 0.195 e. The minimum atomic E-state index is -0.156. The van der Waals surface area contributed by atoms with Crippen molar-refractivity contribution in [3.05, 3.63) is 30.5 Å². The molecule has 0 radical (unpaired) electrons. The number of ether oxygens (including phenoxy) is 1. The number of aromatic nitrogens is 1. The molecule has 60 valence electrons. The van der Waals surface area contributed by atoms with E-state index in [9.17, 15) is 0 Å².